The van der Waals surface area contributed by atoms with Crippen LogP contribution in [0.3, 0.4) is 0 Å². The Morgan fingerprint density at radius 1 is 1.00 bits per heavy atom. The second-order valence-corrected chi connectivity index (χ2v) is 4.98. The third-order valence-electron chi connectivity index (χ3n) is 3.80. The van der Waals surface area contributed by atoms with Gasteiger partial charge in [-0.1, -0.05) is 67.6 Å². The molecule has 0 aromatic heterocycles. The number of rotatable bonds is 2. The highest BCUT2D eigenvalue weighted by Crippen LogP contribution is 2.40. The van der Waals surface area contributed by atoms with Crippen LogP contribution in [0.25, 0.3) is 5.57 Å². The Hall–Kier alpha value is -1.82. The topological polar surface area (TPSA) is 0 Å². The summed E-state index contributed by atoms with van der Waals surface area (Å²) in [5.74, 6) is 0.713. The Morgan fingerprint density at radius 3 is 2.56 bits per heavy atom. The van der Waals surface area contributed by atoms with Crippen LogP contribution in [0.1, 0.15) is 25.3 Å². The second kappa shape index (κ2) is 4.81. The van der Waals surface area contributed by atoms with Crippen LogP contribution in [-0.2, 0) is 0 Å². The largest absolute Gasteiger partial charge is 0.0729 e. The van der Waals surface area contributed by atoms with Crippen LogP contribution >= 0.6 is 0 Å². The molecule has 2 aliphatic carbocycles. The van der Waals surface area contributed by atoms with Crippen molar-refractivity contribution in [2.75, 3.05) is 0 Å². The first kappa shape index (κ1) is 11.3. The fraction of sp³-hybridized carbons (Fsp3) is 0.222. The molecule has 18 heavy (non-hydrogen) atoms. The maximum absolute atomic E-state index is 2.46. The molecule has 0 N–H and O–H groups in total. The molecular formula is C18H18. The summed E-state index contributed by atoms with van der Waals surface area (Å²) >= 11 is 0. The summed E-state index contributed by atoms with van der Waals surface area (Å²) in [4.78, 5) is 0. The molecule has 0 aliphatic heterocycles. The highest BCUT2D eigenvalue weighted by Gasteiger charge is 2.22. The summed E-state index contributed by atoms with van der Waals surface area (Å²) in [7, 11) is 0. The van der Waals surface area contributed by atoms with Crippen molar-refractivity contribution in [1.29, 1.82) is 0 Å². The van der Waals surface area contributed by atoms with Crippen molar-refractivity contribution in [2.45, 2.75) is 19.8 Å². The van der Waals surface area contributed by atoms with Crippen molar-refractivity contribution in [2.24, 2.45) is 5.92 Å². The molecule has 1 aromatic rings. The summed E-state index contributed by atoms with van der Waals surface area (Å²) in [5, 5.41) is 0. The molecule has 1 unspecified atom stereocenters. The van der Waals surface area contributed by atoms with E-state index >= 15 is 0 Å². The maximum atomic E-state index is 2.46. The van der Waals surface area contributed by atoms with Crippen LogP contribution in [0.15, 0.2) is 71.9 Å². The molecule has 0 radical (unpaired) electrons. The van der Waals surface area contributed by atoms with Gasteiger partial charge in [0.05, 0.1) is 0 Å². The Bertz CT molecular complexity index is 553. The van der Waals surface area contributed by atoms with E-state index in [-0.39, 0.29) is 0 Å². The van der Waals surface area contributed by atoms with E-state index < -0.39 is 0 Å². The summed E-state index contributed by atoms with van der Waals surface area (Å²) in [5.41, 5.74) is 5.62. The third kappa shape index (κ3) is 1.99. The number of benzene rings is 1. The molecule has 3 rings (SSSR count). The molecule has 0 spiro atoms. The van der Waals surface area contributed by atoms with Gasteiger partial charge in [-0.15, -0.1) is 0 Å². The first-order chi connectivity index (χ1) is 8.88. The average Bonchev–Trinajstić information content (AvgIpc) is 2.73. The van der Waals surface area contributed by atoms with E-state index in [1.54, 1.807) is 0 Å². The van der Waals surface area contributed by atoms with Crippen molar-refractivity contribution in [3.63, 3.8) is 0 Å². The summed E-state index contributed by atoms with van der Waals surface area (Å²) in [6.45, 7) is 2.27. The zero-order valence-corrected chi connectivity index (χ0v) is 10.8. The molecular weight excluding hydrogens is 216 g/mol. The first-order valence-corrected chi connectivity index (χ1v) is 6.74. The molecule has 0 heteroatoms. The number of hydrogen-bond acceptors (Lipinski definition) is 0. The Balaban J connectivity index is 2.06. The van der Waals surface area contributed by atoms with Crippen molar-refractivity contribution >= 4 is 5.57 Å². The number of fused-ring (bicyclic) bond motifs is 1. The SMILES string of the molecule is CCC1C=C2C(=CC=CC=C2c2ccccc2)C1. The van der Waals surface area contributed by atoms with Crippen molar-refractivity contribution in [1.82, 2.24) is 0 Å². The van der Waals surface area contributed by atoms with Crippen molar-refractivity contribution in [3.05, 3.63) is 77.4 Å². The molecule has 2 aliphatic rings. The lowest BCUT2D eigenvalue weighted by molar-refractivity contribution is 0.649. The van der Waals surface area contributed by atoms with Crippen LogP contribution < -0.4 is 0 Å². The standard InChI is InChI=1S/C18H18/c1-2-14-12-16-10-6-7-11-17(18(16)13-14)15-8-4-3-5-9-15/h3-11,13-14H,2,12H2,1H3. The van der Waals surface area contributed by atoms with Gasteiger partial charge in [-0.25, -0.2) is 0 Å². The molecule has 90 valence electrons. The summed E-state index contributed by atoms with van der Waals surface area (Å²) < 4.78 is 0. The minimum Gasteiger partial charge on any atom is -0.0729 e. The van der Waals surface area contributed by atoms with Gasteiger partial charge in [0, 0.05) is 0 Å². The molecule has 0 bridgehead atoms. The van der Waals surface area contributed by atoms with Crippen LogP contribution in [-0.4, -0.2) is 0 Å². The number of allylic oxidation sites excluding steroid dienone is 8. The Morgan fingerprint density at radius 2 is 1.78 bits per heavy atom. The molecule has 0 amide bonds. The zero-order valence-electron chi connectivity index (χ0n) is 10.8. The Kier molecular flexibility index (Phi) is 3.02. The highest BCUT2D eigenvalue weighted by atomic mass is 14.3. The molecule has 0 fully saturated rings. The van der Waals surface area contributed by atoms with Crippen LogP contribution in [0.5, 0.6) is 0 Å². The quantitative estimate of drug-likeness (QED) is 0.681. The lowest BCUT2D eigenvalue weighted by Crippen LogP contribution is -1.89. The van der Waals surface area contributed by atoms with E-state index in [1.165, 1.54) is 35.1 Å². The smallest absolute Gasteiger partial charge is 0.0112 e. The van der Waals surface area contributed by atoms with E-state index in [2.05, 4.69) is 67.6 Å². The van der Waals surface area contributed by atoms with Crippen molar-refractivity contribution in [3.8, 4) is 0 Å². The predicted octanol–water partition coefficient (Wildman–Crippen LogP) is 4.92. The molecule has 1 atom stereocenters. The van der Waals surface area contributed by atoms with Gasteiger partial charge in [0.2, 0.25) is 0 Å². The van der Waals surface area contributed by atoms with E-state index in [9.17, 15) is 0 Å². The third-order valence-corrected chi connectivity index (χ3v) is 3.80. The fourth-order valence-corrected chi connectivity index (χ4v) is 2.76. The van der Waals surface area contributed by atoms with Gasteiger partial charge in [-0.2, -0.15) is 0 Å². The number of hydrogen-bond donors (Lipinski definition) is 0. The maximum Gasteiger partial charge on any atom is -0.0112 e. The minimum atomic E-state index is 0.713. The van der Waals surface area contributed by atoms with Gasteiger partial charge in [0.15, 0.2) is 0 Å². The monoisotopic (exact) mass is 234 g/mol. The van der Waals surface area contributed by atoms with Gasteiger partial charge in [0.1, 0.15) is 0 Å². The first-order valence-electron chi connectivity index (χ1n) is 6.74. The normalized spacial score (nSPS) is 21.8. The van der Waals surface area contributed by atoms with Crippen molar-refractivity contribution < 1.29 is 0 Å². The fourth-order valence-electron chi connectivity index (χ4n) is 2.76. The highest BCUT2D eigenvalue weighted by molar-refractivity contribution is 5.86. The van der Waals surface area contributed by atoms with E-state index in [4.69, 9.17) is 0 Å². The van der Waals surface area contributed by atoms with Crippen LogP contribution in [0.2, 0.25) is 0 Å². The van der Waals surface area contributed by atoms with Gasteiger partial charge in [-0.3, -0.25) is 0 Å². The van der Waals surface area contributed by atoms with Gasteiger partial charge in [-0.05, 0) is 41.0 Å². The molecule has 1 aromatic carbocycles. The average molecular weight is 234 g/mol. The van der Waals surface area contributed by atoms with E-state index in [1.807, 2.05) is 0 Å². The van der Waals surface area contributed by atoms with Gasteiger partial charge in [0.25, 0.3) is 0 Å². The molecule has 0 heterocycles. The molecule has 0 saturated heterocycles. The zero-order chi connectivity index (χ0) is 12.4. The molecule has 0 nitrogen and oxygen atoms in total. The van der Waals surface area contributed by atoms with Crippen LogP contribution in [0.4, 0.5) is 0 Å². The summed E-state index contributed by atoms with van der Waals surface area (Å²) in [6, 6.07) is 10.7. The summed E-state index contributed by atoms with van der Waals surface area (Å²) in [6.07, 6.45) is 13.7. The lowest BCUT2D eigenvalue weighted by Gasteiger charge is -2.09. The van der Waals surface area contributed by atoms with E-state index in [0.717, 1.165) is 0 Å². The second-order valence-electron chi connectivity index (χ2n) is 4.98. The lowest BCUT2D eigenvalue weighted by atomic mass is 9.95. The van der Waals surface area contributed by atoms with Gasteiger partial charge >= 0.3 is 0 Å². The Labute approximate surface area is 109 Å². The van der Waals surface area contributed by atoms with E-state index in [0.29, 0.717) is 5.92 Å². The molecule has 0 saturated carbocycles. The minimum absolute atomic E-state index is 0.713. The van der Waals surface area contributed by atoms with Crippen LogP contribution in [0, 0.1) is 5.92 Å². The van der Waals surface area contributed by atoms with Gasteiger partial charge < -0.3 is 0 Å². The predicted molar refractivity (Wildman–Crippen MR) is 78.1 cm³/mol.